The fourth-order valence-electron chi connectivity index (χ4n) is 3.22. The minimum absolute atomic E-state index is 0.0724. The molecular weight excluding hydrogens is 460 g/mol. The molecule has 12 heteroatoms. The summed E-state index contributed by atoms with van der Waals surface area (Å²) in [4.78, 5) is 60.1. The van der Waals surface area contributed by atoms with Crippen molar-refractivity contribution in [2.24, 2.45) is 11.7 Å². The Morgan fingerprint density at radius 3 is 1.91 bits per heavy atom. The first-order chi connectivity index (χ1) is 16.4. The van der Waals surface area contributed by atoms with Crippen LogP contribution in [0.2, 0.25) is 0 Å². The molecule has 1 rings (SSSR count). The summed E-state index contributed by atoms with van der Waals surface area (Å²) in [6.07, 6.45) is -0.429. The molecule has 0 fully saturated rings. The molecule has 0 aromatic heterocycles. The first-order valence-electron chi connectivity index (χ1n) is 11.2. The molecule has 12 nitrogen and oxygen atoms in total. The standard InChI is InChI=1S/C23H34N4O8/c1-13(2)10-15(24)20(31)26-17(11-14-6-4-3-5-7-14)21(32)27-18(12-28)22(33)25-16(23(34)35)8-9-19(29)30/h3-7,13,15-18,28H,8-12,24H2,1-2H3,(H,25,33)(H,26,31)(H,27,32)(H,29,30)(H,34,35). The van der Waals surface area contributed by atoms with Crippen LogP contribution in [0.3, 0.4) is 0 Å². The number of carbonyl (C=O) groups excluding carboxylic acids is 3. The highest BCUT2D eigenvalue weighted by Crippen LogP contribution is 2.07. The number of rotatable bonds is 15. The molecule has 3 amide bonds. The van der Waals surface area contributed by atoms with E-state index in [2.05, 4.69) is 16.0 Å². The Morgan fingerprint density at radius 2 is 1.40 bits per heavy atom. The van der Waals surface area contributed by atoms with Gasteiger partial charge in [-0.1, -0.05) is 44.2 Å². The van der Waals surface area contributed by atoms with Crippen molar-refractivity contribution in [1.29, 1.82) is 0 Å². The van der Waals surface area contributed by atoms with Gasteiger partial charge in [0.2, 0.25) is 17.7 Å². The van der Waals surface area contributed by atoms with Crippen LogP contribution in [0, 0.1) is 5.92 Å². The van der Waals surface area contributed by atoms with E-state index in [0.29, 0.717) is 6.42 Å². The van der Waals surface area contributed by atoms with Crippen molar-refractivity contribution in [2.75, 3.05) is 6.61 Å². The highest BCUT2D eigenvalue weighted by molar-refractivity contribution is 5.94. The number of nitrogens with one attached hydrogen (secondary N) is 3. The number of amides is 3. The van der Waals surface area contributed by atoms with E-state index in [1.807, 2.05) is 13.8 Å². The lowest BCUT2D eigenvalue weighted by molar-refractivity contribution is -0.143. The molecule has 8 N–H and O–H groups in total. The van der Waals surface area contributed by atoms with Crippen molar-refractivity contribution in [3.8, 4) is 0 Å². The number of aliphatic carboxylic acids is 2. The molecule has 4 atom stereocenters. The van der Waals surface area contributed by atoms with Gasteiger partial charge >= 0.3 is 11.9 Å². The minimum atomic E-state index is -1.53. The van der Waals surface area contributed by atoms with Gasteiger partial charge in [0.15, 0.2) is 0 Å². The fourth-order valence-corrected chi connectivity index (χ4v) is 3.22. The van der Waals surface area contributed by atoms with E-state index in [4.69, 9.17) is 10.8 Å². The Kier molecular flexibility index (Phi) is 12.4. The lowest BCUT2D eigenvalue weighted by Gasteiger charge is -2.24. The summed E-state index contributed by atoms with van der Waals surface area (Å²) in [6.45, 7) is 2.93. The largest absolute Gasteiger partial charge is 0.481 e. The molecule has 0 aliphatic rings. The number of hydrogen-bond donors (Lipinski definition) is 7. The van der Waals surface area contributed by atoms with Crippen molar-refractivity contribution < 1.29 is 39.3 Å². The Labute approximate surface area is 203 Å². The second-order valence-electron chi connectivity index (χ2n) is 8.56. The van der Waals surface area contributed by atoms with Gasteiger partial charge in [-0.15, -0.1) is 0 Å². The third-order valence-corrected chi connectivity index (χ3v) is 5.05. The quantitative estimate of drug-likeness (QED) is 0.159. The highest BCUT2D eigenvalue weighted by atomic mass is 16.4. The normalized spacial score (nSPS) is 14.3. The summed E-state index contributed by atoms with van der Waals surface area (Å²) in [5, 5.41) is 34.6. The molecule has 0 saturated carbocycles. The smallest absolute Gasteiger partial charge is 0.326 e. The summed E-state index contributed by atoms with van der Waals surface area (Å²) in [5.74, 6) is -4.92. The zero-order valence-corrected chi connectivity index (χ0v) is 19.8. The van der Waals surface area contributed by atoms with Crippen LogP contribution in [0.25, 0.3) is 0 Å². The average molecular weight is 495 g/mol. The number of carbonyl (C=O) groups is 5. The van der Waals surface area contributed by atoms with Crippen LogP contribution in [0.5, 0.6) is 0 Å². The zero-order chi connectivity index (χ0) is 26.5. The molecule has 0 spiro atoms. The molecule has 0 bridgehead atoms. The van der Waals surface area contributed by atoms with Crippen LogP contribution in [-0.4, -0.2) is 75.8 Å². The second-order valence-corrected chi connectivity index (χ2v) is 8.56. The number of carboxylic acid groups (broad SMARTS) is 2. The monoisotopic (exact) mass is 494 g/mol. The van der Waals surface area contributed by atoms with Gasteiger partial charge in [0.25, 0.3) is 0 Å². The molecular formula is C23H34N4O8. The number of aliphatic hydroxyl groups is 1. The topological polar surface area (TPSA) is 208 Å². The van der Waals surface area contributed by atoms with Crippen molar-refractivity contribution >= 4 is 29.7 Å². The van der Waals surface area contributed by atoms with Gasteiger partial charge < -0.3 is 37.0 Å². The predicted molar refractivity (Wildman–Crippen MR) is 125 cm³/mol. The van der Waals surface area contributed by atoms with Crippen molar-refractivity contribution in [3.05, 3.63) is 35.9 Å². The van der Waals surface area contributed by atoms with Crippen LogP contribution in [0.1, 0.15) is 38.7 Å². The fraction of sp³-hybridized carbons (Fsp3) is 0.522. The van der Waals surface area contributed by atoms with Gasteiger partial charge in [0, 0.05) is 12.8 Å². The van der Waals surface area contributed by atoms with Crippen molar-refractivity contribution in [1.82, 2.24) is 16.0 Å². The van der Waals surface area contributed by atoms with Crippen LogP contribution in [-0.2, 0) is 30.4 Å². The minimum Gasteiger partial charge on any atom is -0.481 e. The van der Waals surface area contributed by atoms with Gasteiger partial charge in [0.05, 0.1) is 12.6 Å². The molecule has 0 aliphatic heterocycles. The number of benzene rings is 1. The lowest BCUT2D eigenvalue weighted by atomic mass is 10.0. The molecule has 4 unspecified atom stereocenters. The Balaban J connectivity index is 2.96. The van der Waals surface area contributed by atoms with E-state index >= 15 is 0 Å². The zero-order valence-electron chi connectivity index (χ0n) is 19.8. The first kappa shape index (κ1) is 29.5. The molecule has 0 aliphatic carbocycles. The molecule has 0 saturated heterocycles. The first-order valence-corrected chi connectivity index (χ1v) is 11.2. The average Bonchev–Trinajstić information content (AvgIpc) is 2.79. The number of hydrogen-bond acceptors (Lipinski definition) is 7. The maximum absolute atomic E-state index is 13.0. The molecule has 194 valence electrons. The highest BCUT2D eigenvalue weighted by Gasteiger charge is 2.30. The maximum atomic E-state index is 13.0. The van der Waals surface area contributed by atoms with E-state index < -0.39 is 66.9 Å². The summed E-state index contributed by atoms with van der Waals surface area (Å²) in [7, 11) is 0. The van der Waals surface area contributed by atoms with Crippen LogP contribution in [0.4, 0.5) is 0 Å². The van der Waals surface area contributed by atoms with Gasteiger partial charge in [0.1, 0.15) is 18.1 Å². The van der Waals surface area contributed by atoms with Crippen molar-refractivity contribution in [2.45, 2.75) is 63.7 Å². The number of carboxylic acids is 2. The molecule has 35 heavy (non-hydrogen) atoms. The van der Waals surface area contributed by atoms with E-state index in [0.717, 1.165) is 5.56 Å². The van der Waals surface area contributed by atoms with E-state index in [1.165, 1.54) is 0 Å². The Morgan fingerprint density at radius 1 is 0.857 bits per heavy atom. The number of aliphatic hydroxyl groups excluding tert-OH is 1. The summed E-state index contributed by atoms with van der Waals surface area (Å²) in [5.41, 5.74) is 6.64. The van der Waals surface area contributed by atoms with E-state index in [-0.39, 0.29) is 18.8 Å². The van der Waals surface area contributed by atoms with Gasteiger partial charge in [-0.2, -0.15) is 0 Å². The molecule has 1 aromatic rings. The third-order valence-electron chi connectivity index (χ3n) is 5.05. The van der Waals surface area contributed by atoms with Crippen LogP contribution in [0.15, 0.2) is 30.3 Å². The van der Waals surface area contributed by atoms with Gasteiger partial charge in [-0.05, 0) is 24.3 Å². The maximum Gasteiger partial charge on any atom is 0.326 e. The Hall–Kier alpha value is -3.51. The summed E-state index contributed by atoms with van der Waals surface area (Å²) in [6, 6.07) is 3.73. The molecule has 1 aromatic carbocycles. The second kappa shape index (κ2) is 14.7. The van der Waals surface area contributed by atoms with Crippen molar-refractivity contribution in [3.63, 3.8) is 0 Å². The summed E-state index contributed by atoms with van der Waals surface area (Å²) < 4.78 is 0. The van der Waals surface area contributed by atoms with Crippen LogP contribution < -0.4 is 21.7 Å². The van der Waals surface area contributed by atoms with E-state index in [9.17, 15) is 34.2 Å². The number of nitrogens with two attached hydrogens (primary N) is 1. The molecule has 0 radical (unpaired) electrons. The van der Waals surface area contributed by atoms with Crippen LogP contribution >= 0.6 is 0 Å². The Bertz CT molecular complexity index is 878. The summed E-state index contributed by atoms with van der Waals surface area (Å²) >= 11 is 0. The molecule has 0 heterocycles. The SMILES string of the molecule is CC(C)CC(N)C(=O)NC(Cc1ccccc1)C(=O)NC(CO)C(=O)NC(CCC(=O)O)C(=O)O. The van der Waals surface area contributed by atoms with Gasteiger partial charge in [-0.3, -0.25) is 19.2 Å². The third kappa shape index (κ3) is 11.0. The predicted octanol–water partition coefficient (Wildman–Crippen LogP) is -1.00. The lowest BCUT2D eigenvalue weighted by Crippen LogP contribution is -2.58. The van der Waals surface area contributed by atoms with E-state index in [1.54, 1.807) is 30.3 Å². The van der Waals surface area contributed by atoms with Gasteiger partial charge in [-0.25, -0.2) is 4.79 Å².